The highest BCUT2D eigenvalue weighted by atomic mass is 16.7. The van der Waals surface area contributed by atoms with Crippen LogP contribution in [0.15, 0.2) is 48.6 Å². The zero-order valence-electron chi connectivity index (χ0n) is 47.6. The van der Waals surface area contributed by atoms with Gasteiger partial charge in [-0.1, -0.05) is 217 Å². The minimum Gasteiger partial charge on any atom is -0.466 e. The van der Waals surface area contributed by atoms with Crippen molar-refractivity contribution in [2.45, 2.75) is 320 Å². The van der Waals surface area contributed by atoms with Crippen LogP contribution in [0.4, 0.5) is 0 Å². The van der Waals surface area contributed by atoms with Gasteiger partial charge in [-0.25, -0.2) is 0 Å². The molecule has 0 bridgehead atoms. The van der Waals surface area contributed by atoms with Crippen LogP contribution in [0.1, 0.15) is 277 Å². The maximum absolute atomic E-state index is 13.0. The number of aliphatic hydroxyl groups excluding tert-OH is 5. The van der Waals surface area contributed by atoms with Crippen molar-refractivity contribution >= 4 is 11.9 Å². The van der Waals surface area contributed by atoms with E-state index in [-0.39, 0.29) is 18.5 Å². The van der Waals surface area contributed by atoms with E-state index in [2.05, 4.69) is 55.6 Å². The smallest absolute Gasteiger partial charge is 0.305 e. The summed E-state index contributed by atoms with van der Waals surface area (Å²) in [6, 6.07) is -0.833. The zero-order valence-corrected chi connectivity index (χ0v) is 47.6. The van der Waals surface area contributed by atoms with E-state index < -0.39 is 49.5 Å². The molecule has 0 saturated carbocycles. The molecule has 7 atom stereocenters. The Balaban J connectivity index is 2.01. The Bertz CT molecular complexity index is 1370. The third-order valence-corrected chi connectivity index (χ3v) is 14.4. The molecule has 6 N–H and O–H groups in total. The van der Waals surface area contributed by atoms with E-state index in [4.69, 9.17) is 14.2 Å². The second-order valence-corrected chi connectivity index (χ2v) is 21.4. The van der Waals surface area contributed by atoms with E-state index in [1.54, 1.807) is 6.08 Å². The Morgan fingerprint density at radius 2 is 0.878 bits per heavy atom. The number of aliphatic hydroxyl groups is 5. The first kappa shape index (κ1) is 69.6. The molecule has 1 rings (SSSR count). The number of ether oxygens (including phenoxy) is 3. The van der Waals surface area contributed by atoms with Crippen LogP contribution in [0.5, 0.6) is 0 Å². The van der Waals surface area contributed by atoms with Crippen LogP contribution < -0.4 is 5.32 Å². The number of hydrogen-bond acceptors (Lipinski definition) is 10. The molecular formula is C63H115NO10. The quantitative estimate of drug-likeness (QED) is 0.0195. The third-order valence-electron chi connectivity index (χ3n) is 14.4. The topological polar surface area (TPSA) is 175 Å². The minimum absolute atomic E-state index is 0.0121. The predicted molar refractivity (Wildman–Crippen MR) is 306 cm³/mol. The van der Waals surface area contributed by atoms with E-state index in [1.165, 1.54) is 173 Å². The molecule has 7 unspecified atom stereocenters. The highest BCUT2D eigenvalue weighted by Crippen LogP contribution is 2.23. The fourth-order valence-corrected chi connectivity index (χ4v) is 9.44. The van der Waals surface area contributed by atoms with Gasteiger partial charge >= 0.3 is 5.97 Å². The Labute approximate surface area is 453 Å². The van der Waals surface area contributed by atoms with E-state index in [1.807, 2.05) is 6.08 Å². The molecule has 0 aromatic rings. The van der Waals surface area contributed by atoms with Gasteiger partial charge in [0.25, 0.3) is 0 Å². The first-order valence-electron chi connectivity index (χ1n) is 30.9. The van der Waals surface area contributed by atoms with Crippen molar-refractivity contribution in [1.29, 1.82) is 0 Å². The monoisotopic (exact) mass is 1050 g/mol. The highest BCUT2D eigenvalue weighted by molar-refractivity contribution is 5.76. The summed E-state index contributed by atoms with van der Waals surface area (Å²) < 4.78 is 16.7. The van der Waals surface area contributed by atoms with Gasteiger partial charge in [0, 0.05) is 12.8 Å². The summed E-state index contributed by atoms with van der Waals surface area (Å²) in [7, 11) is 0. The average molecular weight is 1050 g/mol. The van der Waals surface area contributed by atoms with Gasteiger partial charge in [0.2, 0.25) is 5.91 Å². The van der Waals surface area contributed by atoms with Crippen molar-refractivity contribution in [3.8, 4) is 0 Å². The Morgan fingerprint density at radius 3 is 1.36 bits per heavy atom. The lowest BCUT2D eigenvalue weighted by molar-refractivity contribution is -0.302. The Kier molecular flexibility index (Phi) is 49.6. The number of amides is 1. The molecule has 0 aromatic carbocycles. The van der Waals surface area contributed by atoms with Gasteiger partial charge < -0.3 is 45.1 Å². The van der Waals surface area contributed by atoms with Gasteiger partial charge in [-0.05, 0) is 96.3 Å². The molecule has 11 nitrogen and oxygen atoms in total. The first-order valence-corrected chi connectivity index (χ1v) is 30.9. The largest absolute Gasteiger partial charge is 0.466 e. The summed E-state index contributed by atoms with van der Waals surface area (Å²) >= 11 is 0. The van der Waals surface area contributed by atoms with E-state index in [0.717, 1.165) is 77.0 Å². The SMILES string of the molecule is CCCCC/C=C/CC/C=C/C(O)C(COC1OC(CO)C(O)C(O)C1O)NC(=O)CCCCCCCCC/C=C\CCCCCCCCCCCOC(=O)CCCCCCCCC/C=C\CCCCCCCC. The summed E-state index contributed by atoms with van der Waals surface area (Å²) in [6.07, 6.45) is 56.6. The van der Waals surface area contributed by atoms with Gasteiger partial charge in [-0.2, -0.15) is 0 Å². The molecular weight excluding hydrogens is 931 g/mol. The lowest BCUT2D eigenvalue weighted by Crippen LogP contribution is -2.60. The lowest BCUT2D eigenvalue weighted by atomic mass is 9.99. The molecule has 1 amide bonds. The number of nitrogens with one attached hydrogen (secondary N) is 1. The summed E-state index contributed by atoms with van der Waals surface area (Å²) in [5, 5.41) is 54.1. The van der Waals surface area contributed by atoms with Gasteiger partial charge in [-0.15, -0.1) is 0 Å². The molecule has 1 fully saturated rings. The first-order chi connectivity index (χ1) is 36.2. The van der Waals surface area contributed by atoms with Crippen LogP contribution in [0, 0.1) is 0 Å². The van der Waals surface area contributed by atoms with Crippen LogP contribution >= 0.6 is 0 Å². The van der Waals surface area contributed by atoms with Crippen LogP contribution in [0.2, 0.25) is 0 Å². The normalized spacial score (nSPS) is 19.1. The number of allylic oxidation sites excluding steroid dienone is 7. The van der Waals surface area contributed by atoms with E-state index >= 15 is 0 Å². The van der Waals surface area contributed by atoms with Crippen molar-refractivity contribution in [1.82, 2.24) is 5.32 Å². The van der Waals surface area contributed by atoms with E-state index in [9.17, 15) is 35.1 Å². The van der Waals surface area contributed by atoms with Gasteiger partial charge in [-0.3, -0.25) is 9.59 Å². The maximum atomic E-state index is 13.0. The molecule has 0 aromatic heterocycles. The average Bonchev–Trinajstić information content (AvgIpc) is 3.40. The molecule has 11 heteroatoms. The summed E-state index contributed by atoms with van der Waals surface area (Å²) in [6.45, 7) is 4.25. The fraction of sp³-hybridized carbons (Fsp3) is 0.841. The van der Waals surface area contributed by atoms with Crippen molar-refractivity contribution in [2.24, 2.45) is 0 Å². The van der Waals surface area contributed by atoms with E-state index in [0.29, 0.717) is 19.4 Å². The standard InChI is InChI=1S/C63H115NO10/c1-3-5-7-9-11-13-14-15-16-21-25-28-31-35-39-43-47-51-59(68)72-52-48-44-40-36-32-29-26-23-20-18-17-19-22-24-27-30-34-38-42-46-50-58(67)64-55(56(66)49-45-41-37-33-12-10-8-6-4-2)54-73-63-62(71)61(70)60(69)57(53-65)74-63/h12,15-17,19,33,45,49,55-57,60-63,65-66,69-71H,3-11,13-14,18,20-32,34-44,46-48,50-54H2,1-2H3,(H,64,67)/b16-15-,19-17-,33-12+,49-45+. The number of esters is 1. The number of carbonyl (C=O) groups excluding carboxylic acids is 2. The molecule has 0 aliphatic carbocycles. The van der Waals surface area contributed by atoms with Gasteiger partial charge in [0.15, 0.2) is 6.29 Å². The Morgan fingerprint density at radius 1 is 0.486 bits per heavy atom. The Hall–Kier alpha value is -2.38. The number of carbonyl (C=O) groups is 2. The highest BCUT2D eigenvalue weighted by Gasteiger charge is 2.44. The molecule has 1 aliphatic rings. The van der Waals surface area contributed by atoms with Crippen LogP contribution in [0.25, 0.3) is 0 Å². The molecule has 432 valence electrons. The third kappa shape index (κ3) is 41.7. The minimum atomic E-state index is -1.58. The van der Waals surface area contributed by atoms with Crippen LogP contribution in [-0.4, -0.2) is 100 Å². The second-order valence-electron chi connectivity index (χ2n) is 21.4. The number of rotatable bonds is 53. The maximum Gasteiger partial charge on any atom is 0.305 e. The lowest BCUT2D eigenvalue weighted by Gasteiger charge is -2.40. The molecule has 74 heavy (non-hydrogen) atoms. The fourth-order valence-electron chi connectivity index (χ4n) is 9.44. The molecule has 0 radical (unpaired) electrons. The number of hydrogen-bond donors (Lipinski definition) is 6. The predicted octanol–water partition coefficient (Wildman–Crippen LogP) is 14.5. The van der Waals surface area contributed by atoms with Crippen LogP contribution in [0.3, 0.4) is 0 Å². The summed E-state index contributed by atoms with van der Waals surface area (Å²) in [5.41, 5.74) is 0. The summed E-state index contributed by atoms with van der Waals surface area (Å²) in [4.78, 5) is 25.1. The van der Waals surface area contributed by atoms with Crippen molar-refractivity contribution in [2.75, 3.05) is 19.8 Å². The second kappa shape index (κ2) is 52.7. The summed E-state index contributed by atoms with van der Waals surface area (Å²) in [5.74, 6) is -0.216. The van der Waals surface area contributed by atoms with Crippen LogP contribution in [-0.2, 0) is 23.8 Å². The van der Waals surface area contributed by atoms with Crippen molar-refractivity contribution in [3.63, 3.8) is 0 Å². The molecule has 1 heterocycles. The van der Waals surface area contributed by atoms with Gasteiger partial charge in [0.05, 0.1) is 32.0 Å². The van der Waals surface area contributed by atoms with Gasteiger partial charge in [0.1, 0.15) is 24.4 Å². The molecule has 1 saturated heterocycles. The van der Waals surface area contributed by atoms with Crippen molar-refractivity contribution in [3.05, 3.63) is 48.6 Å². The number of unbranched alkanes of at least 4 members (excludes halogenated alkanes) is 33. The molecule has 0 spiro atoms. The van der Waals surface area contributed by atoms with Crippen molar-refractivity contribution < 1.29 is 49.3 Å². The zero-order chi connectivity index (χ0) is 53.8. The molecule has 1 aliphatic heterocycles.